The van der Waals surface area contributed by atoms with Crippen molar-refractivity contribution < 1.29 is 22.1 Å². The van der Waals surface area contributed by atoms with Gasteiger partial charge in [0.25, 0.3) is 0 Å². The standard InChI is InChI=1S/2C26H21N3O.2C23H23N3O.C22H22N4O/c1-17-14-15-21-20-11-6-7-13-23(20)30-25(21)24(17)29-18(2)28(19-9-4-3-5-10-19)26-22(29)12-8-16-27-26;1-17-14-15-21-20-11-6-7-13-23(20)30-25(21)24(17)29-18(2)28(19-9-4-3-5-10-19)22-12-8-16-27-26(22)29;1-14(2)25-16(4)26(19-9-7-13-24-23(19)25)21-15(3)11-12-18-17-8-5-6-10-20(17)27-22(18)21;1-14(2)25-16(4)26(23-19(25)9-7-13-24-23)21-15(3)11-12-18-17-8-5-6-10-20(17)27-22(18)21;1-13(2)25-15(4)26(22-21(25)23-11-12-24-22)19-14(3)9-10-17-16-7-5-6-8-18(16)27-20(17)19/h2*3-16,18H,1-2H3;2*5-14,16H,1-4H3;5-13,15H,1-4H3/t2*18-;2*16-;15-/m00000/s1. The van der Waals surface area contributed by atoms with Gasteiger partial charge in [-0.05, 0) is 242 Å². The van der Waals surface area contributed by atoms with Gasteiger partial charge in [0.15, 0.2) is 62.8 Å². The molecule has 5 aliphatic rings. The summed E-state index contributed by atoms with van der Waals surface area (Å²) in [7, 11) is 0. The first-order chi connectivity index (χ1) is 68.7. The second kappa shape index (κ2) is 35.4. The lowest BCUT2D eigenvalue weighted by molar-refractivity contribution is 0.598. The van der Waals surface area contributed by atoms with Gasteiger partial charge in [-0.3, -0.25) is 9.80 Å². The summed E-state index contributed by atoms with van der Waals surface area (Å²) < 4.78 is 31.8. The molecule has 700 valence electrons. The minimum absolute atomic E-state index is 0.0508. The topological polar surface area (TPSA) is 175 Å². The highest BCUT2D eigenvalue weighted by Crippen LogP contribution is 2.56. The van der Waals surface area contributed by atoms with Gasteiger partial charge in [-0.2, -0.15) is 0 Å². The number of anilines is 17. The SMILES string of the molecule is Cc1ccc2c(oc3ccccc32)c1N1c2cccnc2N(C(C)C)[C@@H]1C.Cc1ccc2c(oc3ccccc32)c1N1c2cccnc2N(c2ccccc2)[C@@H]1C.Cc1ccc2c(oc3ccccc32)c1N1c2ncccc2N(C(C)C)[C@@H]1C.Cc1ccc2c(oc3ccccc32)c1N1c2ncccc2N(c2ccccc2)[C@@H]1C.Cc1ccc2c(oc3ccccc32)c1N1c2nccnc2N(C(C)C)[C@@H]1C. The number of benzene rings is 12. The van der Waals surface area contributed by atoms with Crippen LogP contribution in [0.5, 0.6) is 0 Å². The molecule has 0 N–H and O–H groups in total. The van der Waals surface area contributed by atoms with Gasteiger partial charge in [0, 0.05) is 121 Å². The van der Waals surface area contributed by atoms with Crippen molar-refractivity contribution in [3.05, 3.63) is 356 Å². The number of para-hydroxylation sites is 7. The van der Waals surface area contributed by atoms with Crippen LogP contribution in [-0.4, -0.2) is 78.9 Å². The number of aryl methyl sites for hydroxylation is 5. The van der Waals surface area contributed by atoms with Gasteiger partial charge in [-0.25, -0.2) is 29.9 Å². The van der Waals surface area contributed by atoms with Crippen LogP contribution in [0, 0.1) is 34.6 Å². The van der Waals surface area contributed by atoms with Crippen LogP contribution in [0.4, 0.5) is 97.5 Å². The van der Waals surface area contributed by atoms with Crippen molar-refractivity contribution in [1.82, 2.24) is 29.9 Å². The molecule has 0 radical (unpaired) electrons. The number of hydrogen-bond donors (Lipinski definition) is 0. The Bertz CT molecular complexity index is 7900. The van der Waals surface area contributed by atoms with Crippen LogP contribution in [0.3, 0.4) is 0 Å². The van der Waals surface area contributed by atoms with Crippen molar-refractivity contribution in [3.63, 3.8) is 0 Å². The quantitative estimate of drug-likeness (QED) is 0.126. The zero-order valence-corrected chi connectivity index (χ0v) is 82.0. The van der Waals surface area contributed by atoms with Gasteiger partial charge < -0.3 is 61.3 Å². The normalized spacial score (nSPS) is 16.3. The van der Waals surface area contributed by atoms with Crippen LogP contribution in [-0.2, 0) is 0 Å². The molecular weight excluding hydrogens is 1750 g/mol. The van der Waals surface area contributed by atoms with E-state index in [4.69, 9.17) is 42.0 Å². The number of furan rings is 5. The maximum absolute atomic E-state index is 6.40. The summed E-state index contributed by atoms with van der Waals surface area (Å²) in [5.41, 5.74) is 27.4. The van der Waals surface area contributed by atoms with Crippen LogP contribution in [0.2, 0.25) is 0 Å². The highest BCUT2D eigenvalue weighted by Gasteiger charge is 2.45. The van der Waals surface area contributed by atoms with Crippen molar-refractivity contribution in [3.8, 4) is 0 Å². The third kappa shape index (κ3) is 14.5. The zero-order valence-electron chi connectivity index (χ0n) is 82.0. The second-order valence-corrected chi connectivity index (χ2v) is 38.0. The summed E-state index contributed by atoms with van der Waals surface area (Å²) in [6.45, 7) is 35.1. The Hall–Kier alpha value is -16.7. The summed E-state index contributed by atoms with van der Waals surface area (Å²) in [5, 5.41) is 11.5. The van der Waals surface area contributed by atoms with Gasteiger partial charge >= 0.3 is 0 Å². The molecule has 21 nitrogen and oxygen atoms in total. The fourth-order valence-corrected chi connectivity index (χ4v) is 22.5. The first-order valence-electron chi connectivity index (χ1n) is 48.9. The Balaban J connectivity index is 0.0000000982. The lowest BCUT2D eigenvalue weighted by Gasteiger charge is -2.33. The minimum Gasteiger partial charge on any atom is -0.454 e. The summed E-state index contributed by atoms with van der Waals surface area (Å²) in [6.07, 6.45) is 11.5. The van der Waals surface area contributed by atoms with E-state index < -0.39 is 0 Å². The molecule has 5 atom stereocenters. The van der Waals surface area contributed by atoms with E-state index in [1.54, 1.807) is 12.4 Å². The Morgan fingerprint density at radius 3 is 0.823 bits per heavy atom. The average molecular weight is 1860 g/mol. The third-order valence-electron chi connectivity index (χ3n) is 28.6. The average Bonchev–Trinajstić information content (AvgIpc) is 1.59. The maximum atomic E-state index is 6.40. The van der Waals surface area contributed by atoms with Crippen LogP contribution in [0.25, 0.3) is 110 Å². The van der Waals surface area contributed by atoms with Crippen molar-refractivity contribution >= 4 is 207 Å². The van der Waals surface area contributed by atoms with Gasteiger partial charge in [-0.15, -0.1) is 0 Å². The van der Waals surface area contributed by atoms with E-state index >= 15 is 0 Å². The van der Waals surface area contributed by atoms with Crippen LogP contribution < -0.4 is 49.0 Å². The molecule has 0 amide bonds. The highest BCUT2D eigenvalue weighted by atomic mass is 16.3. The first-order valence-corrected chi connectivity index (χ1v) is 48.9. The molecular formula is C120H110N16O5. The largest absolute Gasteiger partial charge is 0.454 e. The smallest absolute Gasteiger partial charge is 0.178 e. The summed E-state index contributed by atoms with van der Waals surface area (Å²) in [4.78, 5) is 51.7. The van der Waals surface area contributed by atoms with E-state index in [9.17, 15) is 0 Å². The number of rotatable bonds is 10. The molecule has 0 aliphatic carbocycles. The van der Waals surface area contributed by atoms with Crippen molar-refractivity contribution in [2.45, 2.75) is 160 Å². The Morgan fingerprint density at radius 1 is 0.199 bits per heavy atom. The summed E-state index contributed by atoms with van der Waals surface area (Å²) >= 11 is 0. The number of fused-ring (bicyclic) bond motifs is 20. The Kier molecular flexibility index (Phi) is 22.2. The third-order valence-corrected chi connectivity index (χ3v) is 28.6. The van der Waals surface area contributed by atoms with E-state index in [1.807, 2.05) is 122 Å². The Labute approximate surface area is 819 Å². The van der Waals surface area contributed by atoms with E-state index in [-0.39, 0.29) is 30.8 Å². The second-order valence-electron chi connectivity index (χ2n) is 38.0. The van der Waals surface area contributed by atoms with E-state index in [0.29, 0.717) is 18.1 Å². The lowest BCUT2D eigenvalue weighted by Crippen LogP contribution is -2.42. The number of nitrogens with zero attached hydrogens (tertiary/aromatic N) is 16. The first kappa shape index (κ1) is 88.3. The molecule has 15 heterocycles. The van der Waals surface area contributed by atoms with Crippen molar-refractivity contribution in [2.24, 2.45) is 0 Å². The molecule has 0 spiro atoms. The molecule has 0 saturated heterocycles. The summed E-state index contributed by atoms with van der Waals surface area (Å²) in [5.74, 6) is 5.75. The molecule has 27 rings (SSSR count). The zero-order chi connectivity index (χ0) is 96.6. The molecule has 5 aliphatic heterocycles. The molecule has 0 bridgehead atoms. The van der Waals surface area contributed by atoms with Gasteiger partial charge in [-0.1, -0.05) is 188 Å². The minimum atomic E-state index is 0.0508. The van der Waals surface area contributed by atoms with E-state index in [0.717, 1.165) is 207 Å². The molecule has 21 heteroatoms. The number of pyridine rings is 4. The maximum Gasteiger partial charge on any atom is 0.178 e. The highest BCUT2D eigenvalue weighted by molar-refractivity contribution is 6.16. The molecule has 0 saturated carbocycles. The molecule has 0 fully saturated rings. The molecule has 141 heavy (non-hydrogen) atoms. The fourth-order valence-electron chi connectivity index (χ4n) is 22.5. The molecule has 22 aromatic rings. The van der Waals surface area contributed by atoms with Gasteiger partial charge in [0.1, 0.15) is 58.7 Å². The van der Waals surface area contributed by atoms with Crippen LogP contribution in [0.1, 0.15) is 104 Å². The van der Waals surface area contributed by atoms with E-state index in [1.165, 1.54) is 27.9 Å². The van der Waals surface area contributed by atoms with Gasteiger partial charge in [0.05, 0.1) is 51.2 Å². The molecule has 10 aromatic heterocycles. The lowest BCUT2D eigenvalue weighted by atomic mass is 10.1. The number of hydrogen-bond acceptors (Lipinski definition) is 21. The van der Waals surface area contributed by atoms with Crippen molar-refractivity contribution in [1.29, 1.82) is 0 Å². The van der Waals surface area contributed by atoms with E-state index in [2.05, 4.69) is 364 Å². The molecule has 0 unspecified atom stereocenters. The Morgan fingerprint density at radius 2 is 0.447 bits per heavy atom. The van der Waals surface area contributed by atoms with Crippen molar-refractivity contribution in [2.75, 3.05) is 49.0 Å². The predicted octanol–water partition coefficient (Wildman–Crippen LogP) is 31.3. The molecule has 12 aromatic carbocycles. The predicted molar refractivity (Wildman–Crippen MR) is 579 cm³/mol. The monoisotopic (exact) mass is 1850 g/mol. The number of aromatic nitrogens is 6. The van der Waals surface area contributed by atoms with Crippen LogP contribution >= 0.6 is 0 Å². The van der Waals surface area contributed by atoms with Gasteiger partial charge in [0.2, 0.25) is 0 Å². The fraction of sp³-hybridized carbons (Fsp3) is 0.200. The summed E-state index contributed by atoms with van der Waals surface area (Å²) in [6, 6.07) is 102. The van der Waals surface area contributed by atoms with Crippen LogP contribution in [0.15, 0.2) is 350 Å².